The number of piperidine rings is 1. The molecule has 0 spiro atoms. The standard InChI is InChI=1S/C25H26F2N2O5/c26-25(27)12-5-13-29(15-25)23(32)21(10-11-22(30)31)28-24(33)34-14-20-18-8-3-1-6-16(18)17-7-2-4-9-19(17)20/h1-4,6-9,20-21H,5,10-15H2,(H,28,33)(H,30,31). The van der Waals surface area contributed by atoms with Gasteiger partial charge in [-0.3, -0.25) is 9.59 Å². The van der Waals surface area contributed by atoms with Crippen LogP contribution in [0.4, 0.5) is 13.6 Å². The monoisotopic (exact) mass is 472 g/mol. The van der Waals surface area contributed by atoms with Crippen LogP contribution >= 0.6 is 0 Å². The number of carboxylic acids is 1. The number of rotatable bonds is 7. The maximum atomic E-state index is 13.8. The number of fused-ring (bicyclic) bond motifs is 3. The van der Waals surface area contributed by atoms with Gasteiger partial charge >= 0.3 is 12.1 Å². The van der Waals surface area contributed by atoms with Gasteiger partial charge in [-0.15, -0.1) is 0 Å². The van der Waals surface area contributed by atoms with Gasteiger partial charge in [-0.1, -0.05) is 48.5 Å². The topological polar surface area (TPSA) is 95.9 Å². The molecule has 2 N–H and O–H groups in total. The van der Waals surface area contributed by atoms with E-state index in [4.69, 9.17) is 9.84 Å². The normalized spacial score (nSPS) is 17.4. The summed E-state index contributed by atoms with van der Waals surface area (Å²) in [5.41, 5.74) is 4.16. The quantitative estimate of drug-likeness (QED) is 0.635. The predicted molar refractivity (Wildman–Crippen MR) is 120 cm³/mol. The van der Waals surface area contributed by atoms with Crippen LogP contribution in [-0.2, 0) is 14.3 Å². The number of carboxylic acid groups (broad SMARTS) is 1. The van der Waals surface area contributed by atoms with E-state index in [2.05, 4.69) is 5.32 Å². The second-order valence-electron chi connectivity index (χ2n) is 8.67. The highest BCUT2D eigenvalue weighted by molar-refractivity contribution is 5.86. The first-order valence-corrected chi connectivity index (χ1v) is 11.2. The Bertz CT molecular complexity index is 1040. The Morgan fingerprint density at radius 2 is 1.71 bits per heavy atom. The molecule has 1 saturated heterocycles. The third kappa shape index (κ3) is 5.18. The molecule has 2 aliphatic rings. The van der Waals surface area contributed by atoms with Gasteiger partial charge in [-0.25, -0.2) is 13.6 Å². The van der Waals surface area contributed by atoms with Gasteiger partial charge in [-0.05, 0) is 35.1 Å². The van der Waals surface area contributed by atoms with Crippen molar-refractivity contribution in [1.29, 1.82) is 0 Å². The second kappa shape index (κ2) is 9.79. The van der Waals surface area contributed by atoms with Gasteiger partial charge in [-0.2, -0.15) is 0 Å². The molecular formula is C25H26F2N2O5. The van der Waals surface area contributed by atoms with Crippen LogP contribution in [0.1, 0.15) is 42.7 Å². The summed E-state index contributed by atoms with van der Waals surface area (Å²) >= 11 is 0. The first-order chi connectivity index (χ1) is 16.2. The maximum absolute atomic E-state index is 13.8. The summed E-state index contributed by atoms with van der Waals surface area (Å²) in [5.74, 6) is -5.08. The number of hydrogen-bond donors (Lipinski definition) is 2. The van der Waals surface area contributed by atoms with E-state index in [0.29, 0.717) is 0 Å². The molecule has 1 fully saturated rings. The van der Waals surface area contributed by atoms with Crippen molar-refractivity contribution in [3.8, 4) is 11.1 Å². The van der Waals surface area contributed by atoms with Crippen molar-refractivity contribution in [3.05, 3.63) is 59.7 Å². The highest BCUT2D eigenvalue weighted by Gasteiger charge is 2.39. The van der Waals surface area contributed by atoms with Crippen molar-refractivity contribution in [3.63, 3.8) is 0 Å². The zero-order chi connectivity index (χ0) is 24.3. The van der Waals surface area contributed by atoms with E-state index < -0.39 is 42.9 Å². The van der Waals surface area contributed by atoms with E-state index in [9.17, 15) is 23.2 Å². The first kappa shape index (κ1) is 23.7. The SMILES string of the molecule is O=C(O)CCC(NC(=O)OCC1c2ccccc2-c2ccccc21)C(=O)N1CCCC(F)(F)C1. The van der Waals surface area contributed by atoms with Crippen molar-refractivity contribution in [2.75, 3.05) is 19.7 Å². The van der Waals surface area contributed by atoms with E-state index in [1.54, 1.807) is 0 Å². The predicted octanol–water partition coefficient (Wildman–Crippen LogP) is 4.02. The van der Waals surface area contributed by atoms with Crippen molar-refractivity contribution >= 4 is 18.0 Å². The van der Waals surface area contributed by atoms with Gasteiger partial charge in [0.25, 0.3) is 5.92 Å². The van der Waals surface area contributed by atoms with Crippen molar-refractivity contribution in [1.82, 2.24) is 10.2 Å². The molecule has 2 amide bonds. The maximum Gasteiger partial charge on any atom is 0.407 e. The molecule has 0 radical (unpaired) electrons. The number of amides is 2. The molecule has 2 aromatic rings. The number of alkyl carbamates (subject to hydrolysis) is 1. The van der Waals surface area contributed by atoms with Crippen LogP contribution in [0.2, 0.25) is 0 Å². The summed E-state index contributed by atoms with van der Waals surface area (Å²) in [5, 5.41) is 11.4. The Morgan fingerprint density at radius 1 is 1.09 bits per heavy atom. The molecule has 34 heavy (non-hydrogen) atoms. The Hall–Kier alpha value is -3.49. The van der Waals surface area contributed by atoms with Crippen molar-refractivity contribution in [2.24, 2.45) is 0 Å². The molecule has 1 heterocycles. The number of ether oxygens (including phenoxy) is 1. The van der Waals surface area contributed by atoms with Crippen LogP contribution in [0, 0.1) is 0 Å². The average Bonchev–Trinajstić information content (AvgIpc) is 3.13. The van der Waals surface area contributed by atoms with E-state index in [-0.39, 0.29) is 38.3 Å². The average molecular weight is 472 g/mol. The molecule has 0 aromatic heterocycles. The van der Waals surface area contributed by atoms with E-state index in [1.165, 1.54) is 0 Å². The summed E-state index contributed by atoms with van der Waals surface area (Å²) in [7, 11) is 0. The lowest BCUT2D eigenvalue weighted by molar-refractivity contribution is -0.144. The fourth-order valence-electron chi connectivity index (χ4n) is 4.68. The Morgan fingerprint density at radius 3 is 2.29 bits per heavy atom. The second-order valence-corrected chi connectivity index (χ2v) is 8.67. The molecule has 4 rings (SSSR count). The fraction of sp³-hybridized carbons (Fsp3) is 0.400. The van der Waals surface area contributed by atoms with Crippen LogP contribution < -0.4 is 5.32 Å². The fourth-order valence-corrected chi connectivity index (χ4v) is 4.68. The number of alkyl halides is 2. The van der Waals surface area contributed by atoms with Crippen LogP contribution in [0.25, 0.3) is 11.1 Å². The van der Waals surface area contributed by atoms with Crippen molar-refractivity contribution in [2.45, 2.75) is 43.6 Å². The summed E-state index contributed by atoms with van der Waals surface area (Å²) < 4.78 is 33.0. The van der Waals surface area contributed by atoms with Gasteiger partial charge < -0.3 is 20.1 Å². The molecule has 1 atom stereocenters. The minimum Gasteiger partial charge on any atom is -0.481 e. The van der Waals surface area contributed by atoms with E-state index >= 15 is 0 Å². The molecule has 7 nitrogen and oxygen atoms in total. The van der Waals surface area contributed by atoms with Gasteiger partial charge in [0.2, 0.25) is 5.91 Å². The van der Waals surface area contributed by atoms with Gasteiger partial charge in [0.15, 0.2) is 0 Å². The number of carbonyl (C=O) groups is 3. The number of hydrogen-bond acceptors (Lipinski definition) is 4. The third-order valence-electron chi connectivity index (χ3n) is 6.29. The highest BCUT2D eigenvalue weighted by atomic mass is 19.3. The minimum absolute atomic E-state index is 0.0154. The summed E-state index contributed by atoms with van der Waals surface area (Å²) in [6.45, 7) is -0.604. The smallest absolute Gasteiger partial charge is 0.407 e. The van der Waals surface area contributed by atoms with Crippen molar-refractivity contribution < 1.29 is 33.0 Å². The van der Waals surface area contributed by atoms with Crippen LogP contribution in [0.15, 0.2) is 48.5 Å². The molecule has 0 bridgehead atoms. The number of benzene rings is 2. The van der Waals surface area contributed by atoms with Crippen LogP contribution in [0.5, 0.6) is 0 Å². The summed E-state index contributed by atoms with van der Waals surface area (Å²) in [6.07, 6.45) is -1.69. The van der Waals surface area contributed by atoms with Gasteiger partial charge in [0.1, 0.15) is 12.6 Å². The number of carbonyl (C=O) groups excluding carboxylic acids is 2. The van der Waals surface area contributed by atoms with E-state index in [0.717, 1.165) is 27.2 Å². The summed E-state index contributed by atoms with van der Waals surface area (Å²) in [6, 6.07) is 14.4. The Kier molecular flexibility index (Phi) is 6.81. The largest absolute Gasteiger partial charge is 0.481 e. The van der Waals surface area contributed by atoms with Gasteiger partial charge in [0.05, 0.1) is 6.54 Å². The molecule has 9 heteroatoms. The molecule has 1 unspecified atom stereocenters. The van der Waals surface area contributed by atoms with E-state index in [1.807, 2.05) is 48.5 Å². The molecule has 1 aliphatic carbocycles. The highest BCUT2D eigenvalue weighted by Crippen LogP contribution is 2.44. The first-order valence-electron chi connectivity index (χ1n) is 11.2. The molecule has 2 aromatic carbocycles. The molecule has 1 aliphatic heterocycles. The zero-order valence-corrected chi connectivity index (χ0v) is 18.5. The number of aliphatic carboxylic acids is 1. The number of halogens is 2. The lowest BCUT2D eigenvalue weighted by Crippen LogP contribution is -2.54. The number of nitrogens with zero attached hydrogens (tertiary/aromatic N) is 1. The molecule has 180 valence electrons. The third-order valence-corrected chi connectivity index (χ3v) is 6.29. The number of likely N-dealkylation sites (tertiary alicyclic amines) is 1. The molecule has 0 saturated carbocycles. The lowest BCUT2D eigenvalue weighted by Gasteiger charge is -2.34. The summed E-state index contributed by atoms with van der Waals surface area (Å²) in [4.78, 5) is 37.5. The zero-order valence-electron chi connectivity index (χ0n) is 18.5. The van der Waals surface area contributed by atoms with Crippen LogP contribution in [0.3, 0.4) is 0 Å². The Balaban J connectivity index is 1.43. The minimum atomic E-state index is -3.00. The molecular weight excluding hydrogens is 446 g/mol. The lowest BCUT2D eigenvalue weighted by atomic mass is 9.98. The van der Waals surface area contributed by atoms with Gasteiger partial charge in [0, 0.05) is 25.3 Å². The number of nitrogens with one attached hydrogen (secondary N) is 1. The van der Waals surface area contributed by atoms with Crippen LogP contribution in [-0.4, -0.2) is 59.6 Å². The Labute approximate surface area is 195 Å².